The van der Waals surface area contributed by atoms with E-state index in [0.717, 1.165) is 21.0 Å². The molecule has 2 aliphatic heterocycles. The first-order valence-electron chi connectivity index (χ1n) is 10.8. The van der Waals surface area contributed by atoms with Crippen LogP contribution in [0, 0.1) is 5.92 Å². The van der Waals surface area contributed by atoms with E-state index in [0.29, 0.717) is 12.8 Å². The summed E-state index contributed by atoms with van der Waals surface area (Å²) in [5, 5.41) is 9.54. The van der Waals surface area contributed by atoms with Crippen molar-refractivity contribution in [3.05, 3.63) is 23.8 Å². The van der Waals surface area contributed by atoms with Crippen LogP contribution in [0.1, 0.15) is 40.5 Å². The van der Waals surface area contributed by atoms with Crippen molar-refractivity contribution < 1.29 is 48.0 Å². The molecule has 0 aromatic heterocycles. The number of epoxide rings is 1. The minimum atomic E-state index is -2.14. The average molecular weight is 501 g/mol. The Morgan fingerprint density at radius 3 is 2.56 bits per heavy atom. The van der Waals surface area contributed by atoms with Gasteiger partial charge in [0.05, 0.1) is 29.6 Å². The van der Waals surface area contributed by atoms with Crippen LogP contribution in [0.2, 0.25) is 0 Å². The highest BCUT2D eigenvalue weighted by Gasteiger charge is 2.65. The SMILES string of the molecule is C=C1C(=O)O[C@H]2[C@H]1[C@H](OC(=O)[C@@](C)(O)[C@@H](C)Cl)[C@@H](OC(C)=O)/C(C(=O)OC)=C\CC[C@@]1(C)O[C@H]21. The van der Waals surface area contributed by atoms with Crippen molar-refractivity contribution in [3.8, 4) is 0 Å². The summed E-state index contributed by atoms with van der Waals surface area (Å²) in [4.78, 5) is 50.3. The number of rotatable bonds is 5. The summed E-state index contributed by atoms with van der Waals surface area (Å²) >= 11 is 5.98. The number of ether oxygens (including phenoxy) is 5. The molecule has 0 saturated carbocycles. The van der Waals surface area contributed by atoms with Crippen molar-refractivity contribution in [1.82, 2.24) is 0 Å². The predicted octanol–water partition coefficient (Wildman–Crippen LogP) is 1.36. The number of carbonyl (C=O) groups excluding carboxylic acids is 4. The molecule has 3 rings (SSSR count). The van der Waals surface area contributed by atoms with Gasteiger partial charge in [0, 0.05) is 12.5 Å². The number of allylic oxidation sites excluding steroid dienone is 1. The highest BCUT2D eigenvalue weighted by Crippen LogP contribution is 2.50. The number of hydrogen-bond acceptors (Lipinski definition) is 10. The van der Waals surface area contributed by atoms with Gasteiger partial charge in [-0.2, -0.15) is 0 Å². The molecule has 1 aliphatic carbocycles. The molecule has 0 spiro atoms. The van der Waals surface area contributed by atoms with Crippen LogP contribution in [0.15, 0.2) is 23.8 Å². The van der Waals surface area contributed by atoms with E-state index in [1.807, 2.05) is 6.92 Å². The van der Waals surface area contributed by atoms with Crippen molar-refractivity contribution in [2.75, 3.05) is 7.11 Å². The van der Waals surface area contributed by atoms with E-state index in [1.54, 1.807) is 0 Å². The molecule has 34 heavy (non-hydrogen) atoms. The maximum Gasteiger partial charge on any atom is 0.339 e. The van der Waals surface area contributed by atoms with Gasteiger partial charge in [-0.25, -0.2) is 14.4 Å². The van der Waals surface area contributed by atoms with Crippen LogP contribution < -0.4 is 0 Å². The summed E-state index contributed by atoms with van der Waals surface area (Å²) in [6, 6.07) is 0. The summed E-state index contributed by atoms with van der Waals surface area (Å²) in [6.45, 7) is 9.30. The van der Waals surface area contributed by atoms with Gasteiger partial charge in [-0.05, 0) is 33.6 Å². The van der Waals surface area contributed by atoms with E-state index in [-0.39, 0.29) is 11.1 Å². The van der Waals surface area contributed by atoms with Crippen LogP contribution in [-0.2, 0) is 42.9 Å². The number of carbonyl (C=O) groups is 4. The van der Waals surface area contributed by atoms with Crippen LogP contribution in [0.25, 0.3) is 0 Å². The molecule has 2 saturated heterocycles. The van der Waals surface area contributed by atoms with E-state index in [2.05, 4.69) is 6.58 Å². The summed E-state index contributed by atoms with van der Waals surface area (Å²) < 4.78 is 27.4. The molecular formula is C23H29ClO10. The highest BCUT2D eigenvalue weighted by atomic mass is 35.5. The lowest BCUT2D eigenvalue weighted by Crippen LogP contribution is -2.52. The van der Waals surface area contributed by atoms with E-state index in [9.17, 15) is 24.3 Å². The molecule has 8 atom stereocenters. The Labute approximate surface area is 202 Å². The fraction of sp³-hybridized carbons (Fsp3) is 0.652. The van der Waals surface area contributed by atoms with Gasteiger partial charge in [-0.3, -0.25) is 4.79 Å². The normalized spacial score (nSPS) is 36.9. The summed E-state index contributed by atoms with van der Waals surface area (Å²) in [5.74, 6) is -4.55. The smallest absolute Gasteiger partial charge is 0.339 e. The molecule has 0 aromatic carbocycles. The molecule has 1 N–H and O–H groups in total. The number of fused-ring (bicyclic) bond motifs is 3. The van der Waals surface area contributed by atoms with Gasteiger partial charge in [0.25, 0.3) is 0 Å². The topological polar surface area (TPSA) is 138 Å². The monoisotopic (exact) mass is 500 g/mol. The Bertz CT molecular complexity index is 938. The quantitative estimate of drug-likeness (QED) is 0.193. The van der Waals surface area contributed by atoms with Crippen LogP contribution >= 0.6 is 11.6 Å². The Morgan fingerprint density at radius 1 is 1.35 bits per heavy atom. The summed E-state index contributed by atoms with van der Waals surface area (Å²) in [6.07, 6.45) is -2.12. The van der Waals surface area contributed by atoms with E-state index >= 15 is 0 Å². The third kappa shape index (κ3) is 4.71. The maximum atomic E-state index is 13.0. The van der Waals surface area contributed by atoms with Gasteiger partial charge in [-0.1, -0.05) is 12.7 Å². The second kappa shape index (κ2) is 9.31. The zero-order chi connectivity index (χ0) is 25.6. The second-order valence-electron chi connectivity index (χ2n) is 9.13. The molecule has 11 heteroatoms. The van der Waals surface area contributed by atoms with Crippen molar-refractivity contribution in [2.45, 2.75) is 81.5 Å². The number of methoxy groups -OCH3 is 1. The third-order valence-corrected chi connectivity index (χ3v) is 7.03. The van der Waals surface area contributed by atoms with E-state index in [4.69, 9.17) is 35.3 Å². The zero-order valence-corrected chi connectivity index (χ0v) is 20.4. The number of hydrogen-bond donors (Lipinski definition) is 1. The minimum Gasteiger partial charge on any atom is -0.466 e. The molecule has 3 aliphatic rings. The fourth-order valence-corrected chi connectivity index (χ4v) is 4.37. The average Bonchev–Trinajstić information content (AvgIpc) is 3.34. The molecule has 0 amide bonds. The number of halogens is 1. The first-order chi connectivity index (χ1) is 15.7. The molecule has 0 aromatic rings. The minimum absolute atomic E-state index is 0.0545. The van der Waals surface area contributed by atoms with Gasteiger partial charge < -0.3 is 28.8 Å². The lowest BCUT2D eigenvalue weighted by Gasteiger charge is -2.35. The van der Waals surface area contributed by atoms with E-state index in [1.165, 1.54) is 13.0 Å². The maximum absolute atomic E-state index is 13.0. The number of alkyl halides is 1. The fourth-order valence-electron chi connectivity index (χ4n) is 4.28. The van der Waals surface area contributed by atoms with Gasteiger partial charge in [0.15, 0.2) is 17.8 Å². The first-order valence-corrected chi connectivity index (χ1v) is 11.3. The Morgan fingerprint density at radius 2 is 2.00 bits per heavy atom. The summed E-state index contributed by atoms with van der Waals surface area (Å²) in [7, 11) is 1.15. The lowest BCUT2D eigenvalue weighted by molar-refractivity contribution is -0.184. The van der Waals surface area contributed by atoms with Gasteiger partial charge >= 0.3 is 23.9 Å². The molecule has 2 fully saturated rings. The van der Waals surface area contributed by atoms with Crippen LogP contribution in [0.3, 0.4) is 0 Å². The Hall–Kier alpha value is -2.43. The Kier molecular flexibility index (Phi) is 7.17. The Balaban J connectivity index is 2.18. The van der Waals surface area contributed by atoms with Gasteiger partial charge in [0.1, 0.15) is 12.2 Å². The molecule has 10 nitrogen and oxygen atoms in total. The molecular weight excluding hydrogens is 472 g/mol. The van der Waals surface area contributed by atoms with Gasteiger partial charge in [-0.15, -0.1) is 11.6 Å². The van der Waals surface area contributed by atoms with Crippen molar-refractivity contribution >= 4 is 35.5 Å². The largest absolute Gasteiger partial charge is 0.466 e. The molecule has 0 bridgehead atoms. The van der Waals surface area contributed by atoms with Crippen molar-refractivity contribution in [1.29, 1.82) is 0 Å². The summed E-state index contributed by atoms with van der Waals surface area (Å²) in [5.41, 5.74) is -2.95. The van der Waals surface area contributed by atoms with Gasteiger partial charge in [0.2, 0.25) is 0 Å². The number of aliphatic hydroxyl groups is 1. The van der Waals surface area contributed by atoms with Crippen LogP contribution in [0.5, 0.6) is 0 Å². The van der Waals surface area contributed by atoms with Crippen LogP contribution in [0.4, 0.5) is 0 Å². The van der Waals surface area contributed by atoms with Crippen LogP contribution in [-0.4, -0.2) is 77.1 Å². The zero-order valence-electron chi connectivity index (χ0n) is 19.7. The molecule has 188 valence electrons. The van der Waals surface area contributed by atoms with Crippen molar-refractivity contribution in [3.63, 3.8) is 0 Å². The predicted molar refractivity (Wildman–Crippen MR) is 116 cm³/mol. The molecule has 0 unspecified atom stereocenters. The second-order valence-corrected chi connectivity index (χ2v) is 9.78. The molecule has 0 radical (unpaired) electrons. The first kappa shape index (κ1) is 26.2. The molecule has 2 heterocycles. The number of esters is 4. The highest BCUT2D eigenvalue weighted by molar-refractivity contribution is 6.22. The standard InChI is InChI=1S/C23H29ClO10/c1-10-14-16(33-21(28)23(5,29)11(2)24)15(31-12(3)25)13(20(27)30-6)8-7-9-22(4)18(34-22)17(14)32-19(10)26/h8,11,14-18,29H,1,7,9H2,2-6H3/b13-8+/t11-,14-,15+,16+,17+,18-,22-,23+/m1/s1. The van der Waals surface area contributed by atoms with Crippen molar-refractivity contribution in [2.24, 2.45) is 5.92 Å². The third-order valence-electron chi connectivity index (χ3n) is 6.61. The lowest BCUT2D eigenvalue weighted by atomic mass is 9.80. The van der Waals surface area contributed by atoms with E-state index < -0.39 is 70.8 Å².